The van der Waals surface area contributed by atoms with Crippen molar-refractivity contribution in [3.8, 4) is 5.75 Å². The summed E-state index contributed by atoms with van der Waals surface area (Å²) in [6, 6.07) is 10.7. The van der Waals surface area contributed by atoms with E-state index in [1.165, 1.54) is 18.5 Å². The van der Waals surface area contributed by atoms with Crippen molar-refractivity contribution in [1.82, 2.24) is 9.88 Å². The van der Waals surface area contributed by atoms with Gasteiger partial charge in [-0.2, -0.15) is 0 Å². The predicted octanol–water partition coefficient (Wildman–Crippen LogP) is 1.98. The summed E-state index contributed by atoms with van der Waals surface area (Å²) in [5.41, 5.74) is 1.27. The zero-order valence-corrected chi connectivity index (χ0v) is 11.8. The Kier molecular flexibility index (Phi) is 4.90. The highest BCUT2D eigenvalue weighted by Crippen LogP contribution is 2.24. The van der Waals surface area contributed by atoms with Crippen molar-refractivity contribution in [2.75, 3.05) is 13.7 Å². The van der Waals surface area contributed by atoms with Gasteiger partial charge in [0, 0.05) is 19.9 Å². The molecule has 0 aliphatic rings. The molecule has 0 fully saturated rings. The van der Waals surface area contributed by atoms with E-state index in [4.69, 9.17) is 0 Å². The summed E-state index contributed by atoms with van der Waals surface area (Å²) in [5.74, 6) is -0.298. The molecule has 0 radical (unpaired) electrons. The minimum Gasteiger partial charge on any atom is -0.506 e. The summed E-state index contributed by atoms with van der Waals surface area (Å²) in [5, 5.41) is 18.7. The minimum absolute atomic E-state index is 0.0184. The molecule has 1 amide bonds. The maximum atomic E-state index is 12.5. The van der Waals surface area contributed by atoms with Crippen LogP contribution in [0.25, 0.3) is 0 Å². The number of aliphatic hydroxyl groups excluding tert-OH is 1. The Morgan fingerprint density at radius 3 is 2.62 bits per heavy atom. The van der Waals surface area contributed by atoms with Crippen molar-refractivity contribution in [2.45, 2.75) is 12.5 Å². The Bertz CT molecular complexity index is 601. The highest BCUT2D eigenvalue weighted by Gasteiger charge is 2.22. The number of benzene rings is 1. The SMILES string of the molecule is CN(C(=O)c1cncc(O)c1)[C@@H](CCO)c1ccccc1. The lowest BCUT2D eigenvalue weighted by Crippen LogP contribution is -2.32. The third-order valence-electron chi connectivity index (χ3n) is 3.35. The van der Waals surface area contributed by atoms with Crippen molar-refractivity contribution in [3.63, 3.8) is 0 Å². The Morgan fingerprint density at radius 2 is 2.00 bits per heavy atom. The number of nitrogens with zero attached hydrogens (tertiary/aromatic N) is 2. The van der Waals surface area contributed by atoms with Crippen LogP contribution in [-0.4, -0.2) is 39.7 Å². The average molecular weight is 286 g/mol. The first kappa shape index (κ1) is 15.0. The highest BCUT2D eigenvalue weighted by atomic mass is 16.3. The van der Waals surface area contributed by atoms with Crippen LogP contribution in [0.2, 0.25) is 0 Å². The van der Waals surface area contributed by atoms with Gasteiger partial charge >= 0.3 is 0 Å². The van der Waals surface area contributed by atoms with E-state index in [1.807, 2.05) is 30.3 Å². The first-order chi connectivity index (χ1) is 10.1. The highest BCUT2D eigenvalue weighted by molar-refractivity contribution is 5.94. The fourth-order valence-corrected chi connectivity index (χ4v) is 2.27. The lowest BCUT2D eigenvalue weighted by Gasteiger charge is -2.28. The monoisotopic (exact) mass is 286 g/mol. The van der Waals surface area contributed by atoms with Gasteiger partial charge in [0.1, 0.15) is 5.75 Å². The molecule has 5 heteroatoms. The first-order valence-electron chi connectivity index (χ1n) is 6.70. The van der Waals surface area contributed by atoms with Gasteiger partial charge in [0.05, 0.1) is 17.8 Å². The Labute approximate surface area is 123 Å². The lowest BCUT2D eigenvalue weighted by molar-refractivity contribution is 0.0704. The van der Waals surface area contributed by atoms with E-state index in [9.17, 15) is 15.0 Å². The number of hydrogen-bond donors (Lipinski definition) is 2. The second kappa shape index (κ2) is 6.85. The number of hydrogen-bond acceptors (Lipinski definition) is 4. The normalized spacial score (nSPS) is 11.9. The number of carbonyl (C=O) groups is 1. The van der Waals surface area contributed by atoms with Crippen molar-refractivity contribution < 1.29 is 15.0 Å². The summed E-state index contributed by atoms with van der Waals surface area (Å²) < 4.78 is 0. The molecule has 21 heavy (non-hydrogen) atoms. The van der Waals surface area contributed by atoms with Crippen molar-refractivity contribution in [1.29, 1.82) is 0 Å². The van der Waals surface area contributed by atoms with Gasteiger partial charge in [-0.05, 0) is 18.1 Å². The summed E-state index contributed by atoms with van der Waals surface area (Å²) in [6.45, 7) is -0.0184. The van der Waals surface area contributed by atoms with Crippen LogP contribution in [0.4, 0.5) is 0 Å². The minimum atomic E-state index is -0.249. The smallest absolute Gasteiger partial charge is 0.255 e. The largest absolute Gasteiger partial charge is 0.506 e. The lowest BCUT2D eigenvalue weighted by atomic mass is 10.0. The molecular weight excluding hydrogens is 268 g/mol. The van der Waals surface area contributed by atoms with Crippen LogP contribution >= 0.6 is 0 Å². The van der Waals surface area contributed by atoms with E-state index in [2.05, 4.69) is 4.98 Å². The fourth-order valence-electron chi connectivity index (χ4n) is 2.27. The van der Waals surface area contributed by atoms with Gasteiger partial charge in [-0.15, -0.1) is 0 Å². The molecule has 1 aromatic heterocycles. The molecule has 2 N–H and O–H groups in total. The molecule has 1 heterocycles. The fraction of sp³-hybridized carbons (Fsp3) is 0.250. The summed E-state index contributed by atoms with van der Waals surface area (Å²) in [7, 11) is 1.68. The Morgan fingerprint density at radius 1 is 1.29 bits per heavy atom. The maximum Gasteiger partial charge on any atom is 0.255 e. The van der Waals surface area contributed by atoms with Crippen LogP contribution in [0.3, 0.4) is 0 Å². The molecule has 2 rings (SSSR count). The molecule has 5 nitrogen and oxygen atoms in total. The second-order valence-corrected chi connectivity index (χ2v) is 4.79. The molecule has 110 valence electrons. The zero-order chi connectivity index (χ0) is 15.2. The molecule has 2 aromatic rings. The first-order valence-corrected chi connectivity index (χ1v) is 6.70. The maximum absolute atomic E-state index is 12.5. The van der Waals surface area contributed by atoms with Gasteiger partial charge in [0.25, 0.3) is 5.91 Å². The zero-order valence-electron chi connectivity index (χ0n) is 11.8. The molecule has 0 bridgehead atoms. The third kappa shape index (κ3) is 3.58. The summed E-state index contributed by atoms with van der Waals surface area (Å²) in [6.07, 6.45) is 3.14. The number of aromatic nitrogens is 1. The van der Waals surface area contributed by atoms with Crippen LogP contribution in [0.1, 0.15) is 28.4 Å². The molecule has 0 saturated heterocycles. The van der Waals surface area contributed by atoms with Gasteiger partial charge in [0.15, 0.2) is 0 Å². The molecule has 0 aliphatic heterocycles. The predicted molar refractivity (Wildman–Crippen MR) is 78.9 cm³/mol. The topological polar surface area (TPSA) is 73.7 Å². The number of carbonyl (C=O) groups excluding carboxylic acids is 1. The van der Waals surface area contributed by atoms with Gasteiger partial charge < -0.3 is 15.1 Å². The van der Waals surface area contributed by atoms with Crippen molar-refractivity contribution >= 4 is 5.91 Å². The van der Waals surface area contributed by atoms with E-state index < -0.39 is 0 Å². The Balaban J connectivity index is 2.26. The molecule has 0 aliphatic carbocycles. The molecular formula is C16H18N2O3. The third-order valence-corrected chi connectivity index (χ3v) is 3.35. The quantitative estimate of drug-likeness (QED) is 0.881. The van der Waals surface area contributed by atoms with Gasteiger partial charge in [0.2, 0.25) is 0 Å². The molecule has 0 saturated carbocycles. The van der Waals surface area contributed by atoms with E-state index in [0.717, 1.165) is 5.56 Å². The average Bonchev–Trinajstić information content (AvgIpc) is 2.52. The number of rotatable bonds is 5. The Hall–Kier alpha value is -2.40. The summed E-state index contributed by atoms with van der Waals surface area (Å²) in [4.78, 5) is 17.9. The van der Waals surface area contributed by atoms with E-state index in [-0.39, 0.29) is 24.3 Å². The van der Waals surface area contributed by atoms with Gasteiger partial charge in [-0.25, -0.2) is 0 Å². The van der Waals surface area contributed by atoms with Crippen molar-refractivity contribution in [3.05, 3.63) is 59.9 Å². The number of pyridine rings is 1. The second-order valence-electron chi connectivity index (χ2n) is 4.79. The summed E-state index contributed by atoms with van der Waals surface area (Å²) >= 11 is 0. The molecule has 0 unspecified atom stereocenters. The molecule has 1 aromatic carbocycles. The van der Waals surface area contributed by atoms with Crippen LogP contribution in [0.5, 0.6) is 5.75 Å². The van der Waals surface area contributed by atoms with Crippen LogP contribution in [0, 0.1) is 0 Å². The molecule has 0 spiro atoms. The van der Waals surface area contributed by atoms with Crippen LogP contribution in [0.15, 0.2) is 48.8 Å². The van der Waals surface area contributed by atoms with Gasteiger partial charge in [-0.3, -0.25) is 9.78 Å². The van der Waals surface area contributed by atoms with Gasteiger partial charge in [-0.1, -0.05) is 30.3 Å². The standard InChI is InChI=1S/C16H18N2O3/c1-18(16(21)13-9-14(20)11-17-10-13)15(7-8-19)12-5-3-2-4-6-12/h2-6,9-11,15,19-20H,7-8H2,1H3/t15-/m0/s1. The van der Waals surface area contributed by atoms with Crippen LogP contribution in [-0.2, 0) is 0 Å². The van der Waals surface area contributed by atoms with E-state index in [0.29, 0.717) is 12.0 Å². The number of aromatic hydroxyl groups is 1. The number of amides is 1. The number of aliphatic hydroxyl groups is 1. The van der Waals surface area contributed by atoms with E-state index in [1.54, 1.807) is 11.9 Å². The van der Waals surface area contributed by atoms with Crippen LogP contribution < -0.4 is 0 Å². The van der Waals surface area contributed by atoms with E-state index >= 15 is 0 Å². The molecule has 1 atom stereocenters. The van der Waals surface area contributed by atoms with Crippen molar-refractivity contribution in [2.24, 2.45) is 0 Å².